The van der Waals surface area contributed by atoms with Gasteiger partial charge in [0, 0.05) is 75.7 Å². The molecule has 2 amide bonds. The lowest BCUT2D eigenvalue weighted by molar-refractivity contribution is -0.133. The van der Waals surface area contributed by atoms with Crippen LogP contribution in [0.1, 0.15) is 36.0 Å². The molecule has 12 nitrogen and oxygen atoms in total. The summed E-state index contributed by atoms with van der Waals surface area (Å²) in [7, 11) is 4.78. The number of hydrogen-bond acceptors (Lipinski definition) is 10. The number of piperazine rings is 1. The molecule has 2 aromatic carbocycles. The highest BCUT2D eigenvalue weighted by Crippen LogP contribution is 2.38. The molecule has 280 valence electrons. The van der Waals surface area contributed by atoms with Crippen LogP contribution < -0.4 is 36.0 Å². The van der Waals surface area contributed by atoms with Gasteiger partial charge in [0.25, 0.3) is 11.5 Å². The van der Waals surface area contributed by atoms with Gasteiger partial charge in [-0.15, -0.1) is 0 Å². The van der Waals surface area contributed by atoms with Crippen LogP contribution in [0.5, 0.6) is 11.5 Å². The number of imide groups is 1. The van der Waals surface area contributed by atoms with Gasteiger partial charge in [-0.1, -0.05) is 0 Å². The molecule has 1 unspecified atom stereocenters. The number of rotatable bonds is 10. The summed E-state index contributed by atoms with van der Waals surface area (Å²) in [6.45, 7) is 5.55. The SMILES string of the molecule is COc1cc(-c2cn(C)c(=O)c(C)c2C)cc(OC)c1CN1CCC(NN2CCN(c3ccc(N[C@H]4CCC(=O)NC4=O)cc3F)CC2)C(F)(F)C1. The number of ether oxygens (including phenoxy) is 2. The van der Waals surface area contributed by atoms with E-state index in [1.807, 2.05) is 24.0 Å². The summed E-state index contributed by atoms with van der Waals surface area (Å²) in [5, 5.41) is 7.05. The molecule has 2 atom stereocenters. The zero-order chi connectivity index (χ0) is 37.3. The number of hydrogen-bond donors (Lipinski definition) is 3. The number of piperidine rings is 2. The summed E-state index contributed by atoms with van der Waals surface area (Å²) in [6.07, 6.45) is 2.53. The summed E-state index contributed by atoms with van der Waals surface area (Å²) < 4.78 is 59.6. The number of alkyl halides is 2. The molecule has 0 aliphatic carbocycles. The van der Waals surface area contributed by atoms with Gasteiger partial charge in [0.05, 0.1) is 38.1 Å². The predicted octanol–water partition coefficient (Wildman–Crippen LogP) is 3.58. The van der Waals surface area contributed by atoms with Gasteiger partial charge < -0.3 is 24.3 Å². The van der Waals surface area contributed by atoms with Crippen molar-refractivity contribution in [3.63, 3.8) is 0 Å². The minimum atomic E-state index is -3.03. The standard InChI is InChI=1S/C37H46F3N7O5/c1-22-23(2)36(50)44(3)19-26(22)24-16-31(51-4)27(32(17-24)52-5)20-45-11-10-33(37(39,40)21-45)43-47-14-12-46(13-15-47)30-8-6-25(18-28(30)38)41-29-7-9-34(48)42-35(29)49/h6,8,16-19,29,33,41,43H,7,9-15,20-21H2,1-5H3,(H,42,48,49)/t29-,33?/m0/s1. The van der Waals surface area contributed by atoms with Crippen LogP contribution in [-0.2, 0) is 23.2 Å². The van der Waals surface area contributed by atoms with Crippen LogP contribution in [0, 0.1) is 19.7 Å². The Morgan fingerprint density at radius 2 is 1.63 bits per heavy atom. The molecule has 3 N–H and O–H groups in total. The highest BCUT2D eigenvalue weighted by atomic mass is 19.3. The number of nitrogens with zero attached hydrogens (tertiary/aromatic N) is 4. The molecule has 3 fully saturated rings. The van der Waals surface area contributed by atoms with Gasteiger partial charge in [-0.05, 0) is 68.1 Å². The maximum absolute atomic E-state index is 15.7. The highest BCUT2D eigenvalue weighted by Gasteiger charge is 2.45. The first-order valence-electron chi connectivity index (χ1n) is 17.5. The van der Waals surface area contributed by atoms with Gasteiger partial charge in [-0.2, -0.15) is 0 Å². The second kappa shape index (κ2) is 15.2. The van der Waals surface area contributed by atoms with Crippen molar-refractivity contribution in [2.45, 2.75) is 57.7 Å². The maximum atomic E-state index is 15.7. The minimum absolute atomic E-state index is 0.0709. The van der Waals surface area contributed by atoms with Crippen molar-refractivity contribution in [3.8, 4) is 22.6 Å². The molecule has 52 heavy (non-hydrogen) atoms. The fraction of sp³-hybridized carbons (Fsp3) is 0.486. The molecule has 3 aliphatic heterocycles. The fourth-order valence-electron chi connectivity index (χ4n) is 7.27. The van der Waals surface area contributed by atoms with Crippen molar-refractivity contribution < 1.29 is 32.2 Å². The summed E-state index contributed by atoms with van der Waals surface area (Å²) >= 11 is 0. The monoisotopic (exact) mass is 725 g/mol. The third kappa shape index (κ3) is 7.76. The topological polar surface area (TPSA) is 120 Å². The number of aryl methyl sites for hydroxylation is 1. The van der Waals surface area contributed by atoms with E-state index in [4.69, 9.17) is 9.47 Å². The number of pyridine rings is 1. The van der Waals surface area contributed by atoms with E-state index in [0.717, 1.165) is 16.7 Å². The molecule has 1 aromatic heterocycles. The Balaban J connectivity index is 1.05. The number of carbonyl (C=O) groups excluding carboxylic acids is 2. The van der Waals surface area contributed by atoms with Crippen molar-refractivity contribution in [2.24, 2.45) is 7.05 Å². The Hall–Kier alpha value is -4.60. The van der Waals surface area contributed by atoms with Crippen molar-refractivity contribution in [1.29, 1.82) is 0 Å². The highest BCUT2D eigenvalue weighted by molar-refractivity contribution is 6.01. The smallest absolute Gasteiger partial charge is 0.276 e. The van der Waals surface area contributed by atoms with Crippen molar-refractivity contribution in [3.05, 3.63) is 69.4 Å². The van der Waals surface area contributed by atoms with E-state index < -0.39 is 36.3 Å². The first-order chi connectivity index (χ1) is 24.8. The zero-order valence-electron chi connectivity index (χ0n) is 30.2. The lowest BCUT2D eigenvalue weighted by Crippen LogP contribution is -2.63. The molecule has 6 rings (SSSR count). The molecular weight excluding hydrogens is 679 g/mol. The number of anilines is 2. The van der Waals surface area contributed by atoms with Crippen LogP contribution in [-0.4, -0.2) is 97.8 Å². The van der Waals surface area contributed by atoms with E-state index in [2.05, 4.69) is 16.1 Å². The van der Waals surface area contributed by atoms with Crippen LogP contribution >= 0.6 is 0 Å². The predicted molar refractivity (Wildman–Crippen MR) is 191 cm³/mol. The van der Waals surface area contributed by atoms with E-state index in [1.54, 1.807) is 42.2 Å². The number of halogens is 3. The quantitative estimate of drug-likeness (QED) is 0.268. The number of carbonyl (C=O) groups is 2. The van der Waals surface area contributed by atoms with Crippen LogP contribution in [0.4, 0.5) is 24.5 Å². The number of methoxy groups -OCH3 is 2. The van der Waals surface area contributed by atoms with E-state index in [9.17, 15) is 14.4 Å². The number of aromatic nitrogens is 1. The maximum Gasteiger partial charge on any atom is 0.276 e. The number of benzene rings is 2. The van der Waals surface area contributed by atoms with Gasteiger partial charge in [-0.3, -0.25) is 24.6 Å². The fourth-order valence-corrected chi connectivity index (χ4v) is 7.27. The van der Waals surface area contributed by atoms with Crippen molar-refractivity contribution in [2.75, 3.05) is 63.7 Å². The number of amides is 2. The Kier molecular flexibility index (Phi) is 10.8. The summed E-state index contributed by atoms with van der Waals surface area (Å²) in [6, 6.07) is 6.69. The number of likely N-dealkylation sites (tertiary alicyclic amines) is 1. The Morgan fingerprint density at radius 3 is 2.25 bits per heavy atom. The Morgan fingerprint density at radius 1 is 0.942 bits per heavy atom. The van der Waals surface area contributed by atoms with Crippen LogP contribution in [0.3, 0.4) is 0 Å². The minimum Gasteiger partial charge on any atom is -0.496 e. The average Bonchev–Trinajstić information content (AvgIpc) is 3.11. The van der Waals surface area contributed by atoms with Gasteiger partial charge >= 0.3 is 0 Å². The molecule has 3 aliphatic rings. The number of nitrogens with one attached hydrogen (secondary N) is 3. The van der Waals surface area contributed by atoms with Crippen LogP contribution in [0.15, 0.2) is 41.3 Å². The Labute approximate surface area is 300 Å². The molecular formula is C37H46F3N7O5. The van der Waals surface area contributed by atoms with Crippen LogP contribution in [0.25, 0.3) is 11.1 Å². The van der Waals surface area contributed by atoms with Gasteiger partial charge in [-0.25, -0.2) is 23.6 Å². The van der Waals surface area contributed by atoms with E-state index >= 15 is 13.2 Å². The van der Waals surface area contributed by atoms with E-state index in [0.29, 0.717) is 73.1 Å². The molecule has 0 saturated carbocycles. The summed E-state index contributed by atoms with van der Waals surface area (Å²) in [5.41, 5.74) is 7.62. The lowest BCUT2D eigenvalue weighted by Gasteiger charge is -2.43. The molecule has 3 aromatic rings. The van der Waals surface area contributed by atoms with Crippen LogP contribution in [0.2, 0.25) is 0 Å². The normalized spacial score (nSPS) is 21.2. The second-order valence-electron chi connectivity index (χ2n) is 13.8. The molecule has 0 bridgehead atoms. The lowest BCUT2D eigenvalue weighted by atomic mass is 9.96. The molecule has 15 heteroatoms. The molecule has 0 radical (unpaired) electrons. The van der Waals surface area contributed by atoms with E-state index in [-0.39, 0.29) is 30.9 Å². The van der Waals surface area contributed by atoms with E-state index in [1.165, 1.54) is 24.9 Å². The largest absolute Gasteiger partial charge is 0.496 e. The third-order valence-electron chi connectivity index (χ3n) is 10.4. The molecule has 4 heterocycles. The first kappa shape index (κ1) is 37.2. The van der Waals surface area contributed by atoms with Gasteiger partial charge in [0.15, 0.2) is 0 Å². The second-order valence-corrected chi connectivity index (χ2v) is 13.8. The first-order valence-corrected chi connectivity index (χ1v) is 17.5. The van der Waals surface area contributed by atoms with Gasteiger partial charge in [0.2, 0.25) is 11.8 Å². The van der Waals surface area contributed by atoms with Gasteiger partial charge in [0.1, 0.15) is 23.4 Å². The van der Waals surface area contributed by atoms with Crippen molar-refractivity contribution in [1.82, 2.24) is 25.2 Å². The summed E-state index contributed by atoms with van der Waals surface area (Å²) in [5.74, 6) is -3.22. The number of hydrazine groups is 1. The molecule has 0 spiro atoms. The molecule has 3 saturated heterocycles. The van der Waals surface area contributed by atoms with Crippen molar-refractivity contribution >= 4 is 23.2 Å². The summed E-state index contributed by atoms with van der Waals surface area (Å²) in [4.78, 5) is 39.5. The third-order valence-corrected chi connectivity index (χ3v) is 10.4. The average molecular weight is 726 g/mol. The zero-order valence-corrected chi connectivity index (χ0v) is 30.2. The Bertz CT molecular complexity index is 1870.